The number of carbonyl (C=O) groups excluding carboxylic acids is 3. The Hall–Kier alpha value is -3.23. The molecule has 1 aromatic rings. The zero-order valence-corrected chi connectivity index (χ0v) is 17.9. The van der Waals surface area contributed by atoms with Gasteiger partial charge < -0.3 is 24.8 Å². The second-order valence-corrected chi connectivity index (χ2v) is 8.02. The highest BCUT2D eigenvalue weighted by Crippen LogP contribution is 2.44. The van der Waals surface area contributed by atoms with Gasteiger partial charge in [-0.1, -0.05) is 24.3 Å². The number of esters is 2. The van der Waals surface area contributed by atoms with Gasteiger partial charge in [0, 0.05) is 23.5 Å². The second-order valence-electron chi connectivity index (χ2n) is 8.02. The van der Waals surface area contributed by atoms with Gasteiger partial charge in [0.25, 0.3) is 0 Å². The Kier molecular flexibility index (Phi) is 6.96. The summed E-state index contributed by atoms with van der Waals surface area (Å²) in [4.78, 5) is 37.5. The lowest BCUT2D eigenvalue weighted by Gasteiger charge is -2.32. The number of hydrogen-bond acceptors (Lipinski definition) is 8. The van der Waals surface area contributed by atoms with Gasteiger partial charge in [-0.05, 0) is 36.3 Å². The second kappa shape index (κ2) is 9.50. The SMILES string of the molecule is C=C(C(=O)OC)[C@H]1[C@H](O)[C@H]2C(CO)=CC(=O)C2=C(C)C[C@@H]1OC(=O)Cc1ccc(O)cc1. The summed E-state index contributed by atoms with van der Waals surface area (Å²) < 4.78 is 10.5. The number of benzene rings is 1. The zero-order chi connectivity index (χ0) is 23.6. The number of aliphatic hydroxyl groups is 2. The molecule has 0 aromatic heterocycles. The quantitative estimate of drug-likeness (QED) is 0.445. The van der Waals surface area contributed by atoms with Crippen LogP contribution in [0.25, 0.3) is 0 Å². The third kappa shape index (κ3) is 4.51. The molecule has 0 saturated heterocycles. The fourth-order valence-corrected chi connectivity index (χ4v) is 4.45. The van der Waals surface area contributed by atoms with Crippen molar-refractivity contribution in [3.05, 3.63) is 64.8 Å². The van der Waals surface area contributed by atoms with E-state index in [2.05, 4.69) is 6.58 Å². The van der Waals surface area contributed by atoms with Crippen molar-refractivity contribution in [3.63, 3.8) is 0 Å². The average molecular weight is 442 g/mol. The molecule has 0 heterocycles. The van der Waals surface area contributed by atoms with Crippen LogP contribution in [0.2, 0.25) is 0 Å². The highest BCUT2D eigenvalue weighted by atomic mass is 16.5. The number of ketones is 1. The van der Waals surface area contributed by atoms with Gasteiger partial charge in [-0.15, -0.1) is 0 Å². The summed E-state index contributed by atoms with van der Waals surface area (Å²) in [5.74, 6) is -3.52. The van der Waals surface area contributed by atoms with E-state index in [0.717, 1.165) is 0 Å². The van der Waals surface area contributed by atoms with Crippen LogP contribution in [0.4, 0.5) is 0 Å². The molecule has 0 radical (unpaired) electrons. The monoisotopic (exact) mass is 442 g/mol. The standard InChI is InChI=1S/C24H26O8/c1-12-8-18(32-19(28)9-14-4-6-16(26)7-5-14)21(13(2)24(30)31-3)23(29)22-15(11-25)10-17(27)20(12)22/h4-7,10,18,21-23,25-26,29H,2,8-9,11H2,1,3H3/t18-,21+,22-,23-/m0/s1. The Morgan fingerprint density at radius 2 is 1.88 bits per heavy atom. The summed E-state index contributed by atoms with van der Waals surface area (Å²) in [6.45, 7) is 5.02. The lowest BCUT2D eigenvalue weighted by atomic mass is 9.80. The van der Waals surface area contributed by atoms with E-state index in [1.54, 1.807) is 19.1 Å². The Morgan fingerprint density at radius 3 is 2.47 bits per heavy atom. The van der Waals surface area contributed by atoms with Crippen molar-refractivity contribution in [3.8, 4) is 5.75 Å². The van der Waals surface area contributed by atoms with Crippen molar-refractivity contribution in [1.29, 1.82) is 0 Å². The highest BCUT2D eigenvalue weighted by Gasteiger charge is 2.48. The highest BCUT2D eigenvalue weighted by molar-refractivity contribution is 6.09. The van der Waals surface area contributed by atoms with Crippen molar-refractivity contribution in [1.82, 2.24) is 0 Å². The maximum atomic E-state index is 12.7. The van der Waals surface area contributed by atoms with E-state index in [4.69, 9.17) is 9.47 Å². The van der Waals surface area contributed by atoms with Crippen LogP contribution in [0.5, 0.6) is 5.75 Å². The fourth-order valence-electron chi connectivity index (χ4n) is 4.45. The molecule has 0 saturated carbocycles. The number of carbonyl (C=O) groups is 3. The van der Waals surface area contributed by atoms with Crippen molar-refractivity contribution in [2.24, 2.45) is 11.8 Å². The van der Waals surface area contributed by atoms with Crippen LogP contribution in [0.15, 0.2) is 59.2 Å². The Labute approximate surface area is 185 Å². The lowest BCUT2D eigenvalue weighted by molar-refractivity contribution is -0.154. The number of allylic oxidation sites excluding steroid dienone is 1. The lowest BCUT2D eigenvalue weighted by Crippen LogP contribution is -2.41. The maximum absolute atomic E-state index is 12.7. The maximum Gasteiger partial charge on any atom is 0.333 e. The Morgan fingerprint density at radius 1 is 1.22 bits per heavy atom. The van der Waals surface area contributed by atoms with Crippen LogP contribution in [0.1, 0.15) is 18.9 Å². The first kappa shape index (κ1) is 23.4. The molecule has 32 heavy (non-hydrogen) atoms. The van der Waals surface area contributed by atoms with E-state index in [0.29, 0.717) is 22.3 Å². The van der Waals surface area contributed by atoms with E-state index in [-0.39, 0.29) is 29.9 Å². The minimum atomic E-state index is -1.34. The predicted molar refractivity (Wildman–Crippen MR) is 113 cm³/mol. The van der Waals surface area contributed by atoms with Crippen LogP contribution in [-0.2, 0) is 30.3 Å². The van der Waals surface area contributed by atoms with E-state index >= 15 is 0 Å². The van der Waals surface area contributed by atoms with Crippen LogP contribution in [0.3, 0.4) is 0 Å². The third-order valence-electron chi connectivity index (χ3n) is 5.97. The molecule has 0 bridgehead atoms. The predicted octanol–water partition coefficient (Wildman–Crippen LogP) is 1.39. The fraction of sp³-hybridized carbons (Fsp3) is 0.375. The summed E-state index contributed by atoms with van der Waals surface area (Å²) in [6, 6.07) is 6.06. The van der Waals surface area contributed by atoms with Gasteiger partial charge >= 0.3 is 11.9 Å². The zero-order valence-electron chi connectivity index (χ0n) is 17.9. The van der Waals surface area contributed by atoms with Gasteiger partial charge in [0.1, 0.15) is 11.9 Å². The molecule has 2 aliphatic carbocycles. The Balaban J connectivity index is 1.94. The van der Waals surface area contributed by atoms with E-state index in [9.17, 15) is 29.7 Å². The number of fused-ring (bicyclic) bond motifs is 1. The minimum absolute atomic E-state index is 0.0645. The van der Waals surface area contributed by atoms with Gasteiger partial charge in [0.05, 0.1) is 32.2 Å². The number of ether oxygens (including phenoxy) is 2. The molecule has 0 aliphatic heterocycles. The van der Waals surface area contributed by atoms with Crippen LogP contribution < -0.4 is 0 Å². The van der Waals surface area contributed by atoms with Gasteiger partial charge in [-0.25, -0.2) is 4.79 Å². The van der Waals surface area contributed by atoms with Crippen LogP contribution in [0, 0.1) is 11.8 Å². The molecule has 8 heteroatoms. The molecular formula is C24H26O8. The topological polar surface area (TPSA) is 130 Å². The van der Waals surface area contributed by atoms with E-state index < -0.39 is 42.6 Å². The molecular weight excluding hydrogens is 416 g/mol. The molecule has 0 amide bonds. The Bertz CT molecular complexity index is 1000. The van der Waals surface area contributed by atoms with E-state index in [1.807, 2.05) is 0 Å². The van der Waals surface area contributed by atoms with Crippen molar-refractivity contribution in [2.75, 3.05) is 13.7 Å². The minimum Gasteiger partial charge on any atom is -0.508 e. The van der Waals surface area contributed by atoms with Gasteiger partial charge in [-0.2, -0.15) is 0 Å². The molecule has 3 N–H and O–H groups in total. The molecule has 3 rings (SSSR count). The van der Waals surface area contributed by atoms with Crippen molar-refractivity contribution >= 4 is 17.7 Å². The molecule has 8 nitrogen and oxygen atoms in total. The number of phenols is 1. The number of aromatic hydroxyl groups is 1. The summed E-state index contributed by atoms with van der Waals surface area (Å²) in [7, 11) is 1.18. The summed E-state index contributed by atoms with van der Waals surface area (Å²) >= 11 is 0. The number of rotatable bonds is 6. The van der Waals surface area contributed by atoms with Crippen LogP contribution in [-0.4, -0.2) is 59.0 Å². The summed E-state index contributed by atoms with van der Waals surface area (Å²) in [6.07, 6.45) is -1.02. The van der Waals surface area contributed by atoms with Crippen molar-refractivity contribution in [2.45, 2.75) is 32.0 Å². The molecule has 170 valence electrons. The average Bonchev–Trinajstić information content (AvgIpc) is 3.05. The number of aliphatic hydroxyl groups excluding tert-OH is 2. The molecule has 0 unspecified atom stereocenters. The van der Waals surface area contributed by atoms with Gasteiger partial charge in [0.15, 0.2) is 5.78 Å². The van der Waals surface area contributed by atoms with E-state index in [1.165, 1.54) is 25.3 Å². The first-order valence-electron chi connectivity index (χ1n) is 10.2. The molecule has 1 aromatic carbocycles. The number of phenolic OH excluding ortho intramolecular Hbond substituents is 1. The van der Waals surface area contributed by atoms with Crippen LogP contribution >= 0.6 is 0 Å². The summed E-state index contributed by atoms with van der Waals surface area (Å²) in [5.41, 5.74) is 1.78. The van der Waals surface area contributed by atoms with Gasteiger partial charge in [-0.3, -0.25) is 9.59 Å². The first-order chi connectivity index (χ1) is 15.2. The molecule has 0 fully saturated rings. The molecule has 4 atom stereocenters. The molecule has 0 spiro atoms. The third-order valence-corrected chi connectivity index (χ3v) is 5.97. The first-order valence-corrected chi connectivity index (χ1v) is 10.2. The largest absolute Gasteiger partial charge is 0.508 e. The van der Waals surface area contributed by atoms with Crippen molar-refractivity contribution < 1.29 is 39.2 Å². The van der Waals surface area contributed by atoms with Gasteiger partial charge in [0.2, 0.25) is 0 Å². The number of methoxy groups -OCH3 is 1. The smallest absolute Gasteiger partial charge is 0.333 e. The normalized spacial score (nSPS) is 25.0. The molecule has 2 aliphatic rings. The summed E-state index contributed by atoms with van der Waals surface area (Å²) in [5, 5.41) is 30.4. The number of hydrogen-bond donors (Lipinski definition) is 3.